The Balaban J connectivity index is 1.96. The largest absolute Gasteiger partial charge is 0.497 e. The Morgan fingerprint density at radius 1 is 1.08 bits per heavy atom. The van der Waals surface area contributed by atoms with Crippen LogP contribution in [-0.2, 0) is 9.53 Å². The number of hydrazone groups is 1. The van der Waals surface area contributed by atoms with Crippen LogP contribution in [-0.4, -0.2) is 37.2 Å². The fourth-order valence-corrected chi connectivity index (χ4v) is 2.97. The topological polar surface area (TPSA) is 77.0 Å². The Kier molecular flexibility index (Phi) is 5.31. The predicted molar refractivity (Wildman–Crippen MR) is 97.5 cm³/mol. The van der Waals surface area contributed by atoms with E-state index in [9.17, 15) is 9.59 Å². The van der Waals surface area contributed by atoms with Crippen molar-refractivity contribution in [3.8, 4) is 5.75 Å². The number of hydrogen-bond acceptors (Lipinski definition) is 6. The van der Waals surface area contributed by atoms with Gasteiger partial charge in [-0.1, -0.05) is 42.5 Å². The van der Waals surface area contributed by atoms with Gasteiger partial charge in [0.25, 0.3) is 0 Å². The van der Waals surface area contributed by atoms with Gasteiger partial charge in [-0.2, -0.15) is 5.10 Å². The van der Waals surface area contributed by atoms with Crippen LogP contribution < -0.4 is 10.2 Å². The number of Topliss-reactive ketones (excluding diaryl/α,β-unsaturated/α-hetero) is 1. The van der Waals surface area contributed by atoms with Crippen molar-refractivity contribution in [3.05, 3.63) is 65.7 Å². The standard InChI is InChI=1S/C20H20N2O4/c1-3-26-20(24)18-16(13-9-11-15(25-2)12-10-13)17(21-22-18)19(23)14-7-5-4-6-8-14/h4-12,16-17,21H,3H2,1-2H3/t16-,17-/m1/s1. The summed E-state index contributed by atoms with van der Waals surface area (Å²) in [6.07, 6.45) is 0. The van der Waals surface area contributed by atoms with Crippen LogP contribution >= 0.6 is 0 Å². The highest BCUT2D eigenvalue weighted by Gasteiger charge is 2.41. The number of nitrogens with zero attached hydrogens (tertiary/aromatic N) is 1. The van der Waals surface area contributed by atoms with E-state index >= 15 is 0 Å². The van der Waals surface area contributed by atoms with Crippen molar-refractivity contribution in [3.63, 3.8) is 0 Å². The number of rotatable bonds is 6. The van der Waals surface area contributed by atoms with E-state index in [-0.39, 0.29) is 18.1 Å². The van der Waals surface area contributed by atoms with Gasteiger partial charge in [-0.25, -0.2) is 4.79 Å². The highest BCUT2D eigenvalue weighted by atomic mass is 16.5. The molecule has 0 fully saturated rings. The zero-order valence-electron chi connectivity index (χ0n) is 14.6. The molecule has 134 valence electrons. The molecule has 0 aromatic heterocycles. The van der Waals surface area contributed by atoms with Crippen molar-refractivity contribution in [2.24, 2.45) is 5.10 Å². The molecule has 0 unspecified atom stereocenters. The molecule has 0 saturated heterocycles. The maximum Gasteiger partial charge on any atom is 0.355 e. The first-order valence-electron chi connectivity index (χ1n) is 8.39. The summed E-state index contributed by atoms with van der Waals surface area (Å²) in [7, 11) is 1.58. The van der Waals surface area contributed by atoms with Gasteiger partial charge < -0.3 is 9.47 Å². The second-order valence-electron chi connectivity index (χ2n) is 5.81. The van der Waals surface area contributed by atoms with Gasteiger partial charge >= 0.3 is 5.97 Å². The van der Waals surface area contributed by atoms with Crippen LogP contribution in [0.5, 0.6) is 5.75 Å². The molecular weight excluding hydrogens is 332 g/mol. The van der Waals surface area contributed by atoms with Crippen molar-refractivity contribution < 1.29 is 19.1 Å². The lowest BCUT2D eigenvalue weighted by atomic mass is 9.84. The number of methoxy groups -OCH3 is 1. The number of carbonyl (C=O) groups is 2. The van der Waals surface area contributed by atoms with Crippen LogP contribution in [0.4, 0.5) is 0 Å². The highest BCUT2D eigenvalue weighted by molar-refractivity contribution is 6.40. The summed E-state index contributed by atoms with van der Waals surface area (Å²) < 4.78 is 10.3. The zero-order chi connectivity index (χ0) is 18.5. The van der Waals surface area contributed by atoms with Crippen molar-refractivity contribution in [2.45, 2.75) is 18.9 Å². The third kappa shape index (κ3) is 3.44. The molecule has 2 aromatic carbocycles. The van der Waals surface area contributed by atoms with Crippen LogP contribution in [0.3, 0.4) is 0 Å². The predicted octanol–water partition coefficient (Wildman–Crippen LogP) is 2.55. The van der Waals surface area contributed by atoms with Gasteiger partial charge in [0.2, 0.25) is 0 Å². The minimum absolute atomic E-state index is 0.130. The summed E-state index contributed by atoms with van der Waals surface area (Å²) in [6, 6.07) is 15.5. The fraction of sp³-hybridized carbons (Fsp3) is 0.250. The molecule has 0 radical (unpaired) electrons. The quantitative estimate of drug-likeness (QED) is 0.639. The first-order chi connectivity index (χ1) is 12.7. The average Bonchev–Trinajstić information content (AvgIpc) is 3.13. The van der Waals surface area contributed by atoms with Crippen LogP contribution in [0.25, 0.3) is 0 Å². The molecule has 1 heterocycles. The molecule has 1 aliphatic heterocycles. The second kappa shape index (κ2) is 7.82. The normalized spacial score (nSPS) is 18.6. The molecular formula is C20H20N2O4. The Bertz CT molecular complexity index is 815. The minimum Gasteiger partial charge on any atom is -0.497 e. The molecule has 0 aliphatic carbocycles. The number of ether oxygens (including phenoxy) is 2. The maximum absolute atomic E-state index is 13.0. The molecule has 1 N–H and O–H groups in total. The van der Waals surface area contributed by atoms with E-state index in [1.807, 2.05) is 18.2 Å². The van der Waals surface area contributed by atoms with E-state index < -0.39 is 17.9 Å². The van der Waals surface area contributed by atoms with Crippen molar-refractivity contribution in [1.82, 2.24) is 5.43 Å². The molecule has 6 nitrogen and oxygen atoms in total. The van der Waals surface area contributed by atoms with Crippen molar-refractivity contribution in [1.29, 1.82) is 0 Å². The second-order valence-corrected chi connectivity index (χ2v) is 5.81. The van der Waals surface area contributed by atoms with Gasteiger partial charge in [-0.15, -0.1) is 0 Å². The molecule has 0 bridgehead atoms. The molecule has 26 heavy (non-hydrogen) atoms. The zero-order valence-corrected chi connectivity index (χ0v) is 14.6. The van der Waals surface area contributed by atoms with Gasteiger partial charge in [0.05, 0.1) is 19.6 Å². The lowest BCUT2D eigenvalue weighted by Crippen LogP contribution is -2.37. The van der Waals surface area contributed by atoms with Gasteiger partial charge in [0.15, 0.2) is 11.5 Å². The molecule has 0 spiro atoms. The van der Waals surface area contributed by atoms with Crippen molar-refractivity contribution >= 4 is 17.5 Å². The fourth-order valence-electron chi connectivity index (χ4n) is 2.97. The van der Waals surface area contributed by atoms with Gasteiger partial charge in [0.1, 0.15) is 11.8 Å². The molecule has 3 rings (SSSR count). The van der Waals surface area contributed by atoms with E-state index in [2.05, 4.69) is 10.5 Å². The SMILES string of the molecule is CCOC(=O)C1=NN[C@@H](C(=O)c2ccccc2)[C@H]1c1ccc(OC)cc1. The summed E-state index contributed by atoms with van der Waals surface area (Å²) in [5, 5.41) is 4.12. The number of carbonyl (C=O) groups excluding carboxylic acids is 2. The summed E-state index contributed by atoms with van der Waals surface area (Å²) in [5.74, 6) is -0.494. The van der Waals surface area contributed by atoms with E-state index in [1.165, 1.54) is 0 Å². The van der Waals surface area contributed by atoms with E-state index in [0.717, 1.165) is 5.56 Å². The first-order valence-corrected chi connectivity index (χ1v) is 8.39. The number of esters is 1. The average molecular weight is 352 g/mol. The highest BCUT2D eigenvalue weighted by Crippen LogP contribution is 2.30. The summed E-state index contributed by atoms with van der Waals surface area (Å²) in [5.41, 5.74) is 4.38. The number of ketones is 1. The molecule has 1 aliphatic rings. The van der Waals surface area contributed by atoms with E-state index in [1.54, 1.807) is 50.4 Å². The lowest BCUT2D eigenvalue weighted by Gasteiger charge is -2.20. The maximum atomic E-state index is 13.0. The minimum atomic E-state index is -0.676. The monoisotopic (exact) mass is 352 g/mol. The summed E-state index contributed by atoms with van der Waals surface area (Å²) >= 11 is 0. The molecule has 2 atom stereocenters. The van der Waals surface area contributed by atoms with E-state index in [0.29, 0.717) is 11.3 Å². The molecule has 2 aromatic rings. The Labute approximate surface area is 151 Å². The molecule has 0 saturated carbocycles. The Hall–Kier alpha value is -3.15. The third-order valence-corrected chi connectivity index (χ3v) is 4.25. The van der Waals surface area contributed by atoms with E-state index in [4.69, 9.17) is 9.47 Å². The van der Waals surface area contributed by atoms with Crippen LogP contribution in [0.1, 0.15) is 28.8 Å². The van der Waals surface area contributed by atoms with Gasteiger partial charge in [-0.3, -0.25) is 10.2 Å². The lowest BCUT2D eigenvalue weighted by molar-refractivity contribution is -0.135. The van der Waals surface area contributed by atoms with Crippen molar-refractivity contribution in [2.75, 3.05) is 13.7 Å². The summed E-state index contributed by atoms with van der Waals surface area (Å²) in [4.78, 5) is 25.3. The number of benzene rings is 2. The van der Waals surface area contributed by atoms with Gasteiger partial charge in [0, 0.05) is 5.56 Å². The first kappa shape index (κ1) is 17.7. The molecule has 6 heteroatoms. The molecule has 0 amide bonds. The Morgan fingerprint density at radius 2 is 1.77 bits per heavy atom. The third-order valence-electron chi connectivity index (χ3n) is 4.25. The Morgan fingerprint density at radius 3 is 2.38 bits per heavy atom. The van der Waals surface area contributed by atoms with Crippen LogP contribution in [0, 0.1) is 0 Å². The van der Waals surface area contributed by atoms with Crippen LogP contribution in [0.2, 0.25) is 0 Å². The van der Waals surface area contributed by atoms with Gasteiger partial charge in [-0.05, 0) is 24.6 Å². The number of hydrogen-bond donors (Lipinski definition) is 1. The van der Waals surface area contributed by atoms with Crippen LogP contribution in [0.15, 0.2) is 59.7 Å². The number of nitrogens with one attached hydrogen (secondary N) is 1. The summed E-state index contributed by atoms with van der Waals surface area (Å²) in [6.45, 7) is 1.97. The smallest absolute Gasteiger partial charge is 0.355 e.